The number of unbranched alkanes of at least 4 members (excludes halogenated alkanes) is 1. The molecule has 0 spiro atoms. The number of aromatic amines is 1. The molecule has 0 amide bonds. The van der Waals surface area contributed by atoms with Crippen LogP contribution in [0.5, 0.6) is 0 Å². The minimum Gasteiger partial charge on any atom is -0.459 e. The van der Waals surface area contributed by atoms with Crippen LogP contribution in [0.2, 0.25) is 5.15 Å². The lowest BCUT2D eigenvalue weighted by molar-refractivity contribution is -0.530. The van der Waals surface area contributed by atoms with Gasteiger partial charge < -0.3 is 9.30 Å². The number of aromatic nitrogens is 6. The first-order valence-corrected chi connectivity index (χ1v) is 16.3. The monoisotopic (exact) mass is 647 g/mol. The number of rotatable bonds is 12. The Bertz CT molecular complexity index is 1670. The summed E-state index contributed by atoms with van der Waals surface area (Å²) >= 11 is 6.73. The van der Waals surface area contributed by atoms with Crippen LogP contribution in [0, 0.1) is 17.3 Å². The fourth-order valence-electron chi connectivity index (χ4n) is 8.53. The highest BCUT2D eigenvalue weighted by Gasteiger charge is 2.63. The largest absolute Gasteiger partial charge is 0.459 e. The summed E-state index contributed by atoms with van der Waals surface area (Å²) in [6, 6.07) is 16.3. The number of imidazole rings is 1. The Kier molecular flexibility index (Phi) is 8.41. The van der Waals surface area contributed by atoms with Crippen LogP contribution in [0.15, 0.2) is 48.5 Å². The highest BCUT2D eigenvalue weighted by atomic mass is 35.5. The summed E-state index contributed by atoms with van der Waals surface area (Å²) in [7, 11) is 0. The van der Waals surface area contributed by atoms with E-state index < -0.39 is 11.0 Å². The summed E-state index contributed by atoms with van der Waals surface area (Å²) < 4.78 is 8.15. The number of aryl methyl sites for hydroxylation is 1. The Morgan fingerprint density at radius 3 is 2.50 bits per heavy atom. The number of halogens is 1. The number of hydrogen-bond donors (Lipinski definition) is 3. The molecule has 2 atom stereocenters. The lowest BCUT2D eigenvalue weighted by atomic mass is 9.48. The van der Waals surface area contributed by atoms with Crippen molar-refractivity contribution in [3.8, 4) is 22.5 Å². The van der Waals surface area contributed by atoms with Gasteiger partial charge in [0.1, 0.15) is 12.4 Å². The van der Waals surface area contributed by atoms with E-state index in [0.717, 1.165) is 66.6 Å². The minimum atomic E-state index is -0.766. The number of esters is 1. The van der Waals surface area contributed by atoms with Crippen LogP contribution in [0.25, 0.3) is 22.5 Å². The number of H-pyrrole nitrogens is 1. The van der Waals surface area contributed by atoms with E-state index in [-0.39, 0.29) is 29.8 Å². The zero-order valence-corrected chi connectivity index (χ0v) is 26.5. The van der Waals surface area contributed by atoms with Gasteiger partial charge in [0.15, 0.2) is 11.0 Å². The Morgan fingerprint density at radius 1 is 1.09 bits per heavy atom. The summed E-state index contributed by atoms with van der Waals surface area (Å²) in [6.45, 7) is 2.66. The molecule has 2 aromatic carbocycles. The Morgan fingerprint density at radius 2 is 1.83 bits per heavy atom. The summed E-state index contributed by atoms with van der Waals surface area (Å²) in [5.74, 6) is 1.75. The average Bonchev–Trinajstić information content (AvgIpc) is 3.66. The van der Waals surface area contributed by atoms with Gasteiger partial charge in [-0.3, -0.25) is 15.2 Å². The van der Waals surface area contributed by atoms with E-state index >= 15 is 0 Å². The first-order valence-electron chi connectivity index (χ1n) is 16.0. The molecule has 2 unspecified atom stereocenters. The normalized spacial score (nSPS) is 25.0. The molecule has 12 nitrogen and oxygen atoms in total. The van der Waals surface area contributed by atoms with Crippen molar-refractivity contribution in [1.82, 2.24) is 35.6 Å². The van der Waals surface area contributed by atoms with Gasteiger partial charge in [0, 0.05) is 18.5 Å². The average molecular weight is 648 g/mol. The number of carbonyl (C=O) groups excluding carboxylic acids is 1. The molecule has 0 radical (unpaired) electrons. The van der Waals surface area contributed by atoms with Gasteiger partial charge in [-0.15, -0.1) is 5.10 Å². The van der Waals surface area contributed by atoms with Crippen LogP contribution in [0.1, 0.15) is 75.4 Å². The Hall–Kier alpha value is -3.68. The summed E-state index contributed by atoms with van der Waals surface area (Å²) in [5, 5.41) is 33.5. The molecule has 2 aromatic heterocycles. The number of benzene rings is 2. The minimum absolute atomic E-state index is 0.00450. The molecule has 4 fully saturated rings. The van der Waals surface area contributed by atoms with Crippen molar-refractivity contribution in [3.63, 3.8) is 0 Å². The lowest BCUT2D eigenvalue weighted by Gasteiger charge is -2.59. The van der Waals surface area contributed by atoms with Gasteiger partial charge in [-0.05, 0) is 83.9 Å². The number of nitrogens with zero attached hydrogens (tertiary/aromatic N) is 6. The molecular formula is C33H38ClN7O5. The molecule has 13 heteroatoms. The topological polar surface area (TPSA) is 152 Å². The molecule has 46 heavy (non-hydrogen) atoms. The van der Waals surface area contributed by atoms with Crippen LogP contribution in [0.4, 0.5) is 0 Å². The highest BCUT2D eigenvalue weighted by molar-refractivity contribution is 6.30. The van der Waals surface area contributed by atoms with E-state index in [1.54, 1.807) is 0 Å². The maximum atomic E-state index is 13.8. The van der Waals surface area contributed by atoms with Crippen LogP contribution in [-0.2, 0) is 33.9 Å². The van der Waals surface area contributed by atoms with Crippen molar-refractivity contribution in [2.75, 3.05) is 0 Å². The van der Waals surface area contributed by atoms with Crippen molar-refractivity contribution in [3.05, 3.63) is 70.8 Å². The van der Waals surface area contributed by atoms with Gasteiger partial charge in [0.25, 0.3) is 0 Å². The fraction of sp³-hybridized carbons (Fsp3) is 0.485. The smallest absolute Gasteiger partial charge is 0.312 e. The predicted molar refractivity (Wildman–Crippen MR) is 166 cm³/mol. The van der Waals surface area contributed by atoms with Crippen molar-refractivity contribution in [2.24, 2.45) is 17.3 Å². The third-order valence-corrected chi connectivity index (χ3v) is 10.3. The van der Waals surface area contributed by atoms with E-state index in [9.17, 15) is 15.2 Å². The van der Waals surface area contributed by atoms with E-state index in [4.69, 9.17) is 26.2 Å². The van der Waals surface area contributed by atoms with Gasteiger partial charge in [0.05, 0.1) is 22.1 Å². The molecule has 4 saturated carbocycles. The van der Waals surface area contributed by atoms with E-state index in [0.29, 0.717) is 42.5 Å². The van der Waals surface area contributed by atoms with Crippen LogP contribution in [-0.4, -0.2) is 57.5 Å². The molecular weight excluding hydrogens is 610 g/mol. The third-order valence-electron chi connectivity index (χ3n) is 10.0. The van der Waals surface area contributed by atoms with Gasteiger partial charge in [-0.2, -0.15) is 0 Å². The van der Waals surface area contributed by atoms with Gasteiger partial charge in [-0.1, -0.05) is 73.5 Å². The number of hydrogen-bond acceptors (Lipinski definition) is 10. The number of nitrogens with one attached hydrogen (secondary N) is 1. The molecule has 0 aliphatic heterocycles. The molecule has 4 aromatic rings. The standard InChI is InChI=1S/C33H38ClN7O5/c1-2-3-8-28-35-29(34)27(19-45-31(42)32-14-22-13-23(15-32)17-33(16-22,20-32)46-41(43)44)40(28)18-21-9-11-24(12-10-21)25-6-4-5-7-26(25)30-36-38-39-37-30/h4-7,9-12,22-23,43-44H,2-3,8,13-20H2,1H3,(H,36,37,38,39). The number of tetrazole rings is 1. The molecule has 0 saturated heterocycles. The lowest BCUT2D eigenvalue weighted by Crippen LogP contribution is -2.60. The van der Waals surface area contributed by atoms with Crippen LogP contribution in [0.3, 0.4) is 0 Å². The SMILES string of the molecule is CCCCc1nc(Cl)c(COC(=O)C23CC4CC(CC(ON(O)O)(C4)C2)C3)n1Cc1ccc(-c2ccccc2-c2nnn[nH]2)cc1. The first kappa shape index (κ1) is 30.9. The van der Waals surface area contributed by atoms with Gasteiger partial charge in [0.2, 0.25) is 0 Å². The second kappa shape index (κ2) is 12.5. The highest BCUT2D eigenvalue weighted by Crippen LogP contribution is 2.63. The molecule has 3 N–H and O–H groups in total. The van der Waals surface area contributed by atoms with Crippen molar-refractivity contribution in [2.45, 2.75) is 83.5 Å². The van der Waals surface area contributed by atoms with E-state index in [1.807, 2.05) is 24.3 Å². The van der Waals surface area contributed by atoms with Gasteiger partial charge >= 0.3 is 5.97 Å². The molecule has 8 rings (SSSR count). The quantitative estimate of drug-likeness (QED) is 0.120. The van der Waals surface area contributed by atoms with E-state index in [1.165, 1.54) is 0 Å². The molecule has 4 aliphatic rings. The van der Waals surface area contributed by atoms with Crippen molar-refractivity contribution in [1.29, 1.82) is 0 Å². The predicted octanol–water partition coefficient (Wildman–Crippen LogP) is 6.17. The van der Waals surface area contributed by atoms with Crippen molar-refractivity contribution < 1.29 is 24.8 Å². The Labute approximate surface area is 271 Å². The maximum Gasteiger partial charge on any atom is 0.312 e. The van der Waals surface area contributed by atoms with Crippen molar-refractivity contribution >= 4 is 17.6 Å². The zero-order chi connectivity index (χ0) is 31.9. The second-order valence-corrected chi connectivity index (χ2v) is 13.7. The second-order valence-electron chi connectivity index (χ2n) is 13.3. The molecule has 2 heterocycles. The summed E-state index contributed by atoms with van der Waals surface area (Å²) in [5.41, 5.74) is 3.20. The Balaban J connectivity index is 1.11. The molecule has 4 bridgehead atoms. The van der Waals surface area contributed by atoms with Crippen LogP contribution >= 0.6 is 11.6 Å². The van der Waals surface area contributed by atoms with Gasteiger partial charge in [-0.25, -0.2) is 14.9 Å². The van der Waals surface area contributed by atoms with E-state index in [2.05, 4.69) is 56.4 Å². The summed E-state index contributed by atoms with van der Waals surface area (Å²) in [4.78, 5) is 24.0. The number of ether oxygens (including phenoxy) is 1. The third kappa shape index (κ3) is 5.95. The summed E-state index contributed by atoms with van der Waals surface area (Å²) in [6.07, 6.45) is 7.01. The maximum absolute atomic E-state index is 13.8. The zero-order valence-electron chi connectivity index (χ0n) is 25.7. The number of carbonyl (C=O) groups is 1. The fourth-order valence-corrected chi connectivity index (χ4v) is 8.78. The first-order chi connectivity index (χ1) is 22.3. The molecule has 4 aliphatic carbocycles. The molecule has 242 valence electrons. The van der Waals surface area contributed by atoms with Crippen LogP contribution < -0.4 is 0 Å².